The predicted molar refractivity (Wildman–Crippen MR) is 108 cm³/mol. The number of allylic oxidation sites excluding steroid dienone is 2. The van der Waals surface area contributed by atoms with Crippen molar-refractivity contribution in [3.05, 3.63) is 51.0 Å². The Kier molecular flexibility index (Phi) is 4.49. The predicted octanol–water partition coefficient (Wildman–Crippen LogP) is 3.84. The zero-order valence-corrected chi connectivity index (χ0v) is 17.2. The maximum Gasteiger partial charge on any atom is 0.263 e. The van der Waals surface area contributed by atoms with E-state index in [4.69, 9.17) is 9.73 Å². The first-order valence-electron chi connectivity index (χ1n) is 8.57. The van der Waals surface area contributed by atoms with Gasteiger partial charge < -0.3 is 15.4 Å². The first-order valence-corrected chi connectivity index (χ1v) is 10.2. The molecule has 0 spiro atoms. The maximum absolute atomic E-state index is 12.5. The van der Waals surface area contributed by atoms with Crippen LogP contribution in [0.5, 0.6) is 0 Å². The van der Waals surface area contributed by atoms with Crippen LogP contribution < -0.4 is 10.6 Å². The smallest absolute Gasteiger partial charge is 0.263 e. The lowest BCUT2D eigenvalue weighted by atomic mass is 9.71. The van der Waals surface area contributed by atoms with E-state index in [1.165, 1.54) is 11.8 Å². The van der Waals surface area contributed by atoms with Crippen LogP contribution in [0.4, 0.5) is 0 Å². The highest BCUT2D eigenvalue weighted by atomic mass is 79.9. The number of amides is 1. The molecule has 0 saturated carbocycles. The molecule has 3 aliphatic rings. The summed E-state index contributed by atoms with van der Waals surface area (Å²) in [6, 6.07) is 8.17. The summed E-state index contributed by atoms with van der Waals surface area (Å²) in [5.41, 5.74) is 2.64. The third kappa shape index (κ3) is 2.64. The molecule has 4 rings (SSSR count). The van der Waals surface area contributed by atoms with Crippen LogP contribution in [0.25, 0.3) is 5.70 Å². The van der Waals surface area contributed by atoms with Crippen LogP contribution in [0.15, 0.2) is 50.4 Å². The number of aliphatic imine (C=N–C) groups is 1. The first kappa shape index (κ1) is 17.8. The van der Waals surface area contributed by atoms with Crippen molar-refractivity contribution in [2.75, 3.05) is 7.11 Å². The summed E-state index contributed by atoms with van der Waals surface area (Å²) in [7, 11) is 1.58. The van der Waals surface area contributed by atoms with Crippen molar-refractivity contribution in [3.8, 4) is 0 Å². The fourth-order valence-electron chi connectivity index (χ4n) is 3.74. The van der Waals surface area contributed by atoms with Crippen LogP contribution in [-0.4, -0.2) is 24.4 Å². The molecule has 0 radical (unpaired) electrons. The molecule has 0 bridgehead atoms. The van der Waals surface area contributed by atoms with Gasteiger partial charge >= 0.3 is 0 Å². The van der Waals surface area contributed by atoms with Gasteiger partial charge in [0.1, 0.15) is 0 Å². The highest BCUT2D eigenvalue weighted by Gasteiger charge is 2.53. The molecular weight excluding hydrogens is 414 g/mol. The van der Waals surface area contributed by atoms with E-state index in [-0.39, 0.29) is 17.2 Å². The Bertz CT molecular complexity index is 862. The van der Waals surface area contributed by atoms with Crippen LogP contribution in [0.2, 0.25) is 0 Å². The van der Waals surface area contributed by atoms with Crippen LogP contribution in [0.1, 0.15) is 25.8 Å². The van der Waals surface area contributed by atoms with Crippen LogP contribution >= 0.6 is 27.7 Å². The van der Waals surface area contributed by atoms with Gasteiger partial charge in [0, 0.05) is 17.3 Å². The number of fused-ring (bicyclic) bond motifs is 2. The van der Waals surface area contributed by atoms with Crippen molar-refractivity contribution in [3.63, 3.8) is 0 Å². The van der Waals surface area contributed by atoms with Gasteiger partial charge in [0.25, 0.3) is 5.91 Å². The number of benzene rings is 1. The van der Waals surface area contributed by atoms with E-state index < -0.39 is 6.35 Å². The summed E-state index contributed by atoms with van der Waals surface area (Å²) in [6.45, 7) is 4.34. The van der Waals surface area contributed by atoms with Crippen LogP contribution in [-0.2, 0) is 9.53 Å². The molecule has 1 aromatic rings. The Hall–Kier alpha value is -1.57. The van der Waals surface area contributed by atoms with Crippen molar-refractivity contribution in [1.29, 1.82) is 0 Å². The van der Waals surface area contributed by atoms with Gasteiger partial charge in [-0.05, 0) is 37.0 Å². The SMILES string of the molecule is CCC1C=C(c2ccc(Br)cc2)N=C2SC3=C(NC(OC)NC3=O)C21C. The highest BCUT2D eigenvalue weighted by molar-refractivity contribution is 9.10. The number of methoxy groups -OCH3 is 1. The topological polar surface area (TPSA) is 62.7 Å². The van der Waals surface area contributed by atoms with E-state index in [0.717, 1.165) is 32.9 Å². The van der Waals surface area contributed by atoms with Gasteiger partial charge in [-0.15, -0.1) is 0 Å². The first-order chi connectivity index (χ1) is 12.5. The zero-order valence-electron chi connectivity index (χ0n) is 14.8. The Labute approximate surface area is 165 Å². The Balaban J connectivity index is 1.77. The fraction of sp³-hybridized carbons (Fsp3) is 0.368. The van der Waals surface area contributed by atoms with Gasteiger partial charge in [-0.25, -0.2) is 4.99 Å². The zero-order chi connectivity index (χ0) is 18.5. The molecule has 0 aromatic heterocycles. The number of nitrogens with one attached hydrogen (secondary N) is 2. The number of hydrogen-bond donors (Lipinski definition) is 2. The lowest BCUT2D eigenvalue weighted by Crippen LogP contribution is -2.54. The summed E-state index contributed by atoms with van der Waals surface area (Å²) in [4.78, 5) is 18.2. The molecule has 26 heavy (non-hydrogen) atoms. The maximum atomic E-state index is 12.5. The van der Waals surface area contributed by atoms with Crippen molar-refractivity contribution < 1.29 is 9.53 Å². The summed E-state index contributed by atoms with van der Waals surface area (Å²) >= 11 is 4.95. The van der Waals surface area contributed by atoms with E-state index in [1.54, 1.807) is 7.11 Å². The van der Waals surface area contributed by atoms with Gasteiger partial charge in [-0.3, -0.25) is 4.79 Å². The molecule has 3 heterocycles. The molecule has 3 aliphatic heterocycles. The fourth-order valence-corrected chi connectivity index (χ4v) is 5.33. The molecule has 7 heteroatoms. The van der Waals surface area contributed by atoms with Gasteiger partial charge in [0.15, 0.2) is 0 Å². The second-order valence-corrected chi connectivity index (χ2v) is 8.65. The Morgan fingerprint density at radius 2 is 2.04 bits per heavy atom. The molecule has 5 nitrogen and oxygen atoms in total. The van der Waals surface area contributed by atoms with E-state index >= 15 is 0 Å². The number of rotatable bonds is 3. The average molecular weight is 434 g/mol. The average Bonchev–Trinajstić information content (AvgIpc) is 2.94. The minimum Gasteiger partial charge on any atom is -0.344 e. The number of carbonyl (C=O) groups excluding carboxylic acids is 1. The molecule has 0 aliphatic carbocycles. The number of ether oxygens (including phenoxy) is 1. The Morgan fingerprint density at radius 3 is 2.69 bits per heavy atom. The standard InChI is InChI=1S/C19H20BrN3O2S/c1-4-11-9-13(10-5-7-12(20)8-6-10)21-17-19(11,2)15-14(26-17)16(24)23-18(22-15)25-3/h5-9,11,18,22H,4H2,1-3H3,(H,23,24). The van der Waals surface area contributed by atoms with E-state index in [9.17, 15) is 4.79 Å². The molecule has 1 aromatic carbocycles. The number of halogens is 1. The second kappa shape index (κ2) is 6.55. The second-order valence-electron chi connectivity index (χ2n) is 6.73. The summed E-state index contributed by atoms with van der Waals surface area (Å²) in [5, 5.41) is 7.13. The summed E-state index contributed by atoms with van der Waals surface area (Å²) < 4.78 is 6.36. The normalized spacial score (nSPS) is 30.1. The van der Waals surface area contributed by atoms with Crippen molar-refractivity contribution >= 4 is 44.3 Å². The monoisotopic (exact) mass is 433 g/mol. The summed E-state index contributed by atoms with van der Waals surface area (Å²) in [5.74, 6) is 0.138. The van der Waals surface area contributed by atoms with Gasteiger partial charge in [-0.1, -0.05) is 52.8 Å². The molecule has 0 fully saturated rings. The van der Waals surface area contributed by atoms with Gasteiger partial charge in [-0.2, -0.15) is 0 Å². The molecule has 3 atom stereocenters. The van der Waals surface area contributed by atoms with Gasteiger partial charge in [0.2, 0.25) is 6.35 Å². The van der Waals surface area contributed by atoms with Crippen molar-refractivity contribution in [2.45, 2.75) is 26.6 Å². The lowest BCUT2D eigenvalue weighted by molar-refractivity contribution is -0.122. The number of thioether (sulfide) groups is 1. The molecule has 2 N–H and O–H groups in total. The lowest BCUT2D eigenvalue weighted by Gasteiger charge is -2.39. The molecule has 3 unspecified atom stereocenters. The molecule has 1 amide bonds. The van der Waals surface area contributed by atoms with Crippen LogP contribution in [0.3, 0.4) is 0 Å². The number of hydrogen-bond acceptors (Lipinski definition) is 5. The van der Waals surface area contributed by atoms with E-state index in [0.29, 0.717) is 4.91 Å². The quantitative estimate of drug-likeness (QED) is 0.759. The van der Waals surface area contributed by atoms with E-state index in [2.05, 4.69) is 58.6 Å². The summed E-state index contributed by atoms with van der Waals surface area (Å²) in [6.07, 6.45) is 2.68. The number of carbonyl (C=O) groups is 1. The Morgan fingerprint density at radius 1 is 1.31 bits per heavy atom. The van der Waals surface area contributed by atoms with Crippen LogP contribution in [0, 0.1) is 11.3 Å². The number of nitrogens with zero attached hydrogens (tertiary/aromatic N) is 1. The van der Waals surface area contributed by atoms with Crippen molar-refractivity contribution in [1.82, 2.24) is 10.6 Å². The molecular formula is C19H20BrN3O2S. The van der Waals surface area contributed by atoms with Crippen molar-refractivity contribution in [2.24, 2.45) is 16.3 Å². The molecule has 136 valence electrons. The van der Waals surface area contributed by atoms with Gasteiger partial charge in [0.05, 0.1) is 21.1 Å². The third-order valence-electron chi connectivity index (χ3n) is 5.27. The highest BCUT2D eigenvalue weighted by Crippen LogP contribution is 2.55. The van der Waals surface area contributed by atoms with E-state index in [1.807, 2.05) is 12.1 Å². The minimum absolute atomic E-state index is 0.103. The minimum atomic E-state index is -0.507. The largest absolute Gasteiger partial charge is 0.344 e. The molecule has 0 saturated heterocycles. The third-order valence-corrected chi connectivity index (χ3v) is 7.10.